The van der Waals surface area contributed by atoms with Crippen molar-refractivity contribution in [2.75, 3.05) is 13.1 Å². The fourth-order valence-electron chi connectivity index (χ4n) is 3.08. The number of aromatic nitrogens is 1. The predicted molar refractivity (Wildman–Crippen MR) is 91.6 cm³/mol. The second-order valence-corrected chi connectivity index (χ2v) is 7.54. The molecular formula is C17H23N3OS. The van der Waals surface area contributed by atoms with E-state index in [4.69, 9.17) is 0 Å². The number of nitrogens with one attached hydrogen (secondary N) is 1. The number of fused-ring (bicyclic) bond motifs is 1. The summed E-state index contributed by atoms with van der Waals surface area (Å²) >= 11 is 1.67. The highest BCUT2D eigenvalue weighted by molar-refractivity contribution is 7.18. The maximum atomic E-state index is 12.7. The van der Waals surface area contributed by atoms with Gasteiger partial charge in [-0.1, -0.05) is 13.8 Å². The first-order chi connectivity index (χ1) is 10.5. The SMILES string of the molecule is Cc1nc2cc(C(=O)N3CCC(NC(C)C)CC3)ccc2s1. The maximum absolute atomic E-state index is 12.7. The summed E-state index contributed by atoms with van der Waals surface area (Å²) in [6.07, 6.45) is 2.06. The molecule has 1 aromatic heterocycles. The van der Waals surface area contributed by atoms with E-state index in [1.807, 2.05) is 30.0 Å². The lowest BCUT2D eigenvalue weighted by atomic mass is 10.0. The summed E-state index contributed by atoms with van der Waals surface area (Å²) in [6, 6.07) is 6.91. The number of hydrogen-bond acceptors (Lipinski definition) is 4. The van der Waals surface area contributed by atoms with Gasteiger partial charge in [0.2, 0.25) is 0 Å². The number of rotatable bonds is 3. The third kappa shape index (κ3) is 3.31. The smallest absolute Gasteiger partial charge is 0.253 e. The lowest BCUT2D eigenvalue weighted by Gasteiger charge is -2.33. The van der Waals surface area contributed by atoms with E-state index >= 15 is 0 Å². The van der Waals surface area contributed by atoms with Gasteiger partial charge in [-0.2, -0.15) is 0 Å². The summed E-state index contributed by atoms with van der Waals surface area (Å²) in [5.74, 6) is 0.135. The Labute approximate surface area is 135 Å². The lowest BCUT2D eigenvalue weighted by Crippen LogP contribution is -2.46. The minimum atomic E-state index is 0.135. The molecule has 1 fully saturated rings. The zero-order valence-corrected chi connectivity index (χ0v) is 14.2. The Morgan fingerprint density at radius 2 is 2.09 bits per heavy atom. The Balaban J connectivity index is 1.68. The quantitative estimate of drug-likeness (QED) is 0.945. The van der Waals surface area contributed by atoms with Gasteiger partial charge in [0.25, 0.3) is 5.91 Å². The Kier molecular flexibility index (Phi) is 4.45. The van der Waals surface area contributed by atoms with Gasteiger partial charge in [-0.15, -0.1) is 11.3 Å². The summed E-state index contributed by atoms with van der Waals surface area (Å²) in [5, 5.41) is 4.60. The highest BCUT2D eigenvalue weighted by Crippen LogP contribution is 2.23. The Hall–Kier alpha value is -1.46. The van der Waals surface area contributed by atoms with Crippen molar-refractivity contribution in [3.05, 3.63) is 28.8 Å². The van der Waals surface area contributed by atoms with Crippen LogP contribution in [0.15, 0.2) is 18.2 Å². The third-order valence-corrected chi connectivity index (χ3v) is 5.04. The van der Waals surface area contributed by atoms with E-state index in [2.05, 4.69) is 24.1 Å². The number of benzene rings is 1. The standard InChI is InChI=1S/C17H23N3OS/c1-11(2)18-14-6-8-20(9-7-14)17(21)13-4-5-16-15(10-13)19-12(3)22-16/h4-5,10-11,14,18H,6-9H2,1-3H3. The molecule has 2 heterocycles. The van der Waals surface area contributed by atoms with Crippen molar-refractivity contribution in [1.82, 2.24) is 15.2 Å². The van der Waals surface area contributed by atoms with Gasteiger partial charge in [0.15, 0.2) is 0 Å². The van der Waals surface area contributed by atoms with E-state index in [0.717, 1.165) is 46.7 Å². The molecule has 0 unspecified atom stereocenters. The maximum Gasteiger partial charge on any atom is 0.253 e. The van der Waals surface area contributed by atoms with E-state index in [9.17, 15) is 4.79 Å². The number of piperidine rings is 1. The highest BCUT2D eigenvalue weighted by atomic mass is 32.1. The van der Waals surface area contributed by atoms with Gasteiger partial charge in [0, 0.05) is 30.7 Å². The molecule has 1 amide bonds. The van der Waals surface area contributed by atoms with Crippen molar-refractivity contribution in [2.45, 2.75) is 45.7 Å². The summed E-state index contributed by atoms with van der Waals surface area (Å²) in [7, 11) is 0. The van der Waals surface area contributed by atoms with Crippen LogP contribution in [-0.4, -0.2) is 41.0 Å². The minimum absolute atomic E-state index is 0.135. The van der Waals surface area contributed by atoms with Crippen molar-refractivity contribution in [2.24, 2.45) is 0 Å². The molecule has 2 aromatic rings. The number of thiazole rings is 1. The van der Waals surface area contributed by atoms with Gasteiger partial charge in [-0.3, -0.25) is 4.79 Å². The van der Waals surface area contributed by atoms with Crippen molar-refractivity contribution >= 4 is 27.5 Å². The lowest BCUT2D eigenvalue weighted by molar-refractivity contribution is 0.0703. The summed E-state index contributed by atoms with van der Waals surface area (Å²) in [4.78, 5) is 19.1. The fourth-order valence-corrected chi connectivity index (χ4v) is 3.89. The molecule has 0 atom stereocenters. The Morgan fingerprint density at radius 3 is 2.77 bits per heavy atom. The molecule has 0 radical (unpaired) electrons. The number of nitrogens with zero attached hydrogens (tertiary/aromatic N) is 2. The van der Waals surface area contributed by atoms with Gasteiger partial charge in [-0.05, 0) is 38.0 Å². The largest absolute Gasteiger partial charge is 0.339 e. The second kappa shape index (κ2) is 6.34. The molecule has 4 nitrogen and oxygen atoms in total. The first-order valence-corrected chi connectivity index (χ1v) is 8.77. The van der Waals surface area contributed by atoms with Crippen LogP contribution in [0, 0.1) is 6.92 Å². The normalized spacial score (nSPS) is 16.6. The molecule has 1 N–H and O–H groups in total. The van der Waals surface area contributed by atoms with Crippen LogP contribution in [0.1, 0.15) is 42.1 Å². The number of likely N-dealkylation sites (tertiary alicyclic amines) is 1. The molecule has 0 aliphatic carbocycles. The molecule has 1 saturated heterocycles. The van der Waals surface area contributed by atoms with Gasteiger partial charge >= 0.3 is 0 Å². The van der Waals surface area contributed by atoms with E-state index in [1.165, 1.54) is 0 Å². The molecule has 5 heteroatoms. The van der Waals surface area contributed by atoms with Gasteiger partial charge < -0.3 is 10.2 Å². The van der Waals surface area contributed by atoms with Crippen molar-refractivity contribution in [3.8, 4) is 0 Å². The van der Waals surface area contributed by atoms with Crippen LogP contribution in [0.3, 0.4) is 0 Å². The second-order valence-electron chi connectivity index (χ2n) is 6.30. The molecule has 22 heavy (non-hydrogen) atoms. The summed E-state index contributed by atoms with van der Waals surface area (Å²) in [6.45, 7) is 8.00. The first-order valence-electron chi connectivity index (χ1n) is 7.95. The van der Waals surface area contributed by atoms with E-state index in [-0.39, 0.29) is 5.91 Å². The van der Waals surface area contributed by atoms with Gasteiger partial charge in [0.1, 0.15) is 0 Å². The van der Waals surface area contributed by atoms with E-state index in [1.54, 1.807) is 11.3 Å². The Bertz CT molecular complexity index is 672. The van der Waals surface area contributed by atoms with Gasteiger partial charge in [-0.25, -0.2) is 4.98 Å². The molecule has 0 spiro atoms. The first kappa shape index (κ1) is 15.4. The number of amides is 1. The topological polar surface area (TPSA) is 45.2 Å². The molecule has 0 saturated carbocycles. The number of hydrogen-bond donors (Lipinski definition) is 1. The van der Waals surface area contributed by atoms with Crippen LogP contribution in [0.5, 0.6) is 0 Å². The number of carbonyl (C=O) groups is 1. The average Bonchev–Trinajstić information content (AvgIpc) is 2.85. The van der Waals surface area contributed by atoms with E-state index in [0.29, 0.717) is 12.1 Å². The third-order valence-electron chi connectivity index (χ3n) is 4.09. The zero-order valence-electron chi connectivity index (χ0n) is 13.4. The molecule has 1 aliphatic heterocycles. The van der Waals surface area contributed by atoms with Crippen molar-refractivity contribution < 1.29 is 4.79 Å². The number of carbonyl (C=O) groups excluding carboxylic acids is 1. The molecule has 1 aromatic carbocycles. The van der Waals surface area contributed by atoms with Gasteiger partial charge in [0.05, 0.1) is 15.2 Å². The fraction of sp³-hybridized carbons (Fsp3) is 0.529. The molecular weight excluding hydrogens is 294 g/mol. The van der Waals surface area contributed by atoms with Crippen LogP contribution in [0.25, 0.3) is 10.2 Å². The molecule has 1 aliphatic rings. The molecule has 118 valence electrons. The highest BCUT2D eigenvalue weighted by Gasteiger charge is 2.24. The zero-order chi connectivity index (χ0) is 15.7. The Morgan fingerprint density at radius 1 is 1.36 bits per heavy atom. The summed E-state index contributed by atoms with van der Waals surface area (Å²) in [5.41, 5.74) is 1.69. The van der Waals surface area contributed by atoms with Crippen molar-refractivity contribution in [3.63, 3.8) is 0 Å². The van der Waals surface area contributed by atoms with Crippen LogP contribution >= 0.6 is 11.3 Å². The number of aryl methyl sites for hydroxylation is 1. The average molecular weight is 317 g/mol. The monoisotopic (exact) mass is 317 g/mol. The minimum Gasteiger partial charge on any atom is -0.339 e. The van der Waals surface area contributed by atoms with Crippen LogP contribution in [-0.2, 0) is 0 Å². The molecule has 0 bridgehead atoms. The molecule has 3 rings (SSSR count). The van der Waals surface area contributed by atoms with Crippen LogP contribution in [0.2, 0.25) is 0 Å². The van der Waals surface area contributed by atoms with E-state index < -0.39 is 0 Å². The summed E-state index contributed by atoms with van der Waals surface area (Å²) < 4.78 is 1.15. The van der Waals surface area contributed by atoms with Crippen LogP contribution in [0.4, 0.5) is 0 Å². The predicted octanol–water partition coefficient (Wildman–Crippen LogP) is 3.21. The van der Waals surface area contributed by atoms with Crippen LogP contribution < -0.4 is 5.32 Å². The van der Waals surface area contributed by atoms with Crippen molar-refractivity contribution in [1.29, 1.82) is 0 Å².